The fraction of sp³-hybridized carbons (Fsp3) is 0.387. The summed E-state index contributed by atoms with van der Waals surface area (Å²) in [6.45, 7) is 2.70. The van der Waals surface area contributed by atoms with E-state index in [1.165, 1.54) is 31.4 Å². The maximum absolute atomic E-state index is 16.6. The number of hydrogen-bond acceptors (Lipinski definition) is 9. The first-order valence-electron chi connectivity index (χ1n) is 14.0. The van der Waals surface area contributed by atoms with Crippen molar-refractivity contribution in [1.82, 2.24) is 19.9 Å². The minimum Gasteiger partial charge on any atom is -0.508 e. The second kappa shape index (κ2) is 11.2. The molecule has 9 nitrogen and oxygen atoms in total. The van der Waals surface area contributed by atoms with Crippen LogP contribution in [-0.4, -0.2) is 75.6 Å². The van der Waals surface area contributed by atoms with Gasteiger partial charge in [0.25, 0.3) is 0 Å². The van der Waals surface area contributed by atoms with Crippen LogP contribution in [0.3, 0.4) is 0 Å². The van der Waals surface area contributed by atoms with Crippen molar-refractivity contribution in [2.45, 2.75) is 37.6 Å². The van der Waals surface area contributed by atoms with Crippen LogP contribution < -0.4 is 14.8 Å². The SMILES string of the molecule is C#Cc1c(F)ccc2cc(O)cc(-c3nc(OC)c4c(NCCCO)nc(OCC56CCCN5CCC6)nc4c3F)c12. The largest absolute Gasteiger partial charge is 0.508 e. The Balaban J connectivity index is 1.54. The number of pyridine rings is 1. The van der Waals surface area contributed by atoms with E-state index in [4.69, 9.17) is 15.9 Å². The van der Waals surface area contributed by atoms with Gasteiger partial charge in [-0.25, -0.2) is 13.8 Å². The van der Waals surface area contributed by atoms with E-state index in [0.717, 1.165) is 38.8 Å². The van der Waals surface area contributed by atoms with Gasteiger partial charge in [-0.05, 0) is 68.8 Å². The van der Waals surface area contributed by atoms with Crippen LogP contribution >= 0.6 is 0 Å². The number of benzene rings is 2. The summed E-state index contributed by atoms with van der Waals surface area (Å²) >= 11 is 0. The lowest BCUT2D eigenvalue weighted by Gasteiger charge is -2.31. The third-order valence-electron chi connectivity index (χ3n) is 8.28. The number of methoxy groups -OCH3 is 1. The lowest BCUT2D eigenvalue weighted by Crippen LogP contribution is -2.43. The van der Waals surface area contributed by atoms with Crippen LogP contribution in [0.2, 0.25) is 0 Å². The topological polar surface area (TPSA) is 113 Å². The number of nitrogens with one attached hydrogen (secondary N) is 1. The zero-order chi connectivity index (χ0) is 29.4. The number of aliphatic hydroxyl groups excluding tert-OH is 1. The van der Waals surface area contributed by atoms with E-state index in [0.29, 0.717) is 25.0 Å². The molecule has 218 valence electrons. The van der Waals surface area contributed by atoms with Crippen molar-refractivity contribution >= 4 is 27.5 Å². The molecule has 0 unspecified atom stereocenters. The summed E-state index contributed by atoms with van der Waals surface area (Å²) in [6, 6.07) is 5.34. The van der Waals surface area contributed by atoms with Crippen LogP contribution in [0.5, 0.6) is 17.6 Å². The molecule has 2 aromatic heterocycles. The zero-order valence-electron chi connectivity index (χ0n) is 23.2. The van der Waals surface area contributed by atoms with Crippen molar-refractivity contribution in [3.63, 3.8) is 0 Å². The van der Waals surface area contributed by atoms with E-state index >= 15 is 4.39 Å². The first-order chi connectivity index (χ1) is 20.4. The number of ether oxygens (including phenoxy) is 2. The quantitative estimate of drug-likeness (QED) is 0.194. The molecule has 6 rings (SSSR count). The highest BCUT2D eigenvalue weighted by atomic mass is 19.1. The standard InChI is InChI=1S/C31H31F2N5O4/c1-3-20-22(32)8-7-18-15-19(40)16-21(23(18)20)26-25(33)27-24(29(35-26)41-2)28(34-11-6-14-39)37-30(36-27)42-17-31-9-4-12-38(31)13-5-10-31/h1,7-8,15-16,39-40H,4-6,9-14,17H2,2H3,(H,34,36,37). The smallest absolute Gasteiger partial charge is 0.319 e. The maximum Gasteiger partial charge on any atom is 0.319 e. The van der Waals surface area contributed by atoms with Gasteiger partial charge in [0.15, 0.2) is 5.82 Å². The number of aromatic nitrogens is 3. The summed E-state index contributed by atoms with van der Waals surface area (Å²) in [4.78, 5) is 15.9. The highest BCUT2D eigenvalue weighted by Gasteiger charge is 2.45. The molecule has 2 aromatic carbocycles. The summed E-state index contributed by atoms with van der Waals surface area (Å²) in [5.74, 6) is 0.903. The maximum atomic E-state index is 16.6. The number of aromatic hydroxyl groups is 1. The molecule has 0 aliphatic carbocycles. The van der Waals surface area contributed by atoms with Gasteiger partial charge < -0.3 is 25.0 Å². The fourth-order valence-electron chi connectivity index (χ4n) is 6.34. The molecule has 4 aromatic rings. The average molecular weight is 576 g/mol. The van der Waals surface area contributed by atoms with Crippen LogP contribution in [0, 0.1) is 24.0 Å². The van der Waals surface area contributed by atoms with E-state index in [-0.39, 0.29) is 68.7 Å². The third-order valence-corrected chi connectivity index (χ3v) is 8.28. The highest BCUT2D eigenvalue weighted by Crippen LogP contribution is 2.42. The molecule has 0 amide bonds. The molecule has 0 atom stereocenters. The van der Waals surface area contributed by atoms with E-state index in [2.05, 4.69) is 31.1 Å². The normalized spacial score (nSPS) is 16.1. The lowest BCUT2D eigenvalue weighted by atomic mass is 9.95. The molecule has 2 fully saturated rings. The van der Waals surface area contributed by atoms with Crippen molar-refractivity contribution in [3.05, 3.63) is 41.5 Å². The van der Waals surface area contributed by atoms with Crippen LogP contribution in [-0.2, 0) is 0 Å². The van der Waals surface area contributed by atoms with Gasteiger partial charge in [-0.2, -0.15) is 9.97 Å². The van der Waals surface area contributed by atoms with Crippen molar-refractivity contribution in [2.24, 2.45) is 0 Å². The van der Waals surface area contributed by atoms with Gasteiger partial charge in [0.2, 0.25) is 5.88 Å². The molecule has 2 aliphatic rings. The lowest BCUT2D eigenvalue weighted by molar-refractivity contribution is 0.108. The van der Waals surface area contributed by atoms with Gasteiger partial charge in [0, 0.05) is 24.1 Å². The molecule has 11 heteroatoms. The minimum absolute atomic E-state index is 0.00552. The molecule has 3 N–H and O–H groups in total. The van der Waals surface area contributed by atoms with Gasteiger partial charge in [0.1, 0.15) is 40.6 Å². The predicted molar refractivity (Wildman–Crippen MR) is 155 cm³/mol. The van der Waals surface area contributed by atoms with Gasteiger partial charge >= 0.3 is 6.01 Å². The minimum atomic E-state index is -0.844. The van der Waals surface area contributed by atoms with Crippen molar-refractivity contribution in [2.75, 3.05) is 45.3 Å². The van der Waals surface area contributed by atoms with Crippen molar-refractivity contribution in [3.8, 4) is 41.2 Å². The van der Waals surface area contributed by atoms with E-state index < -0.39 is 11.6 Å². The first-order valence-corrected chi connectivity index (χ1v) is 14.0. The molecule has 0 radical (unpaired) electrons. The van der Waals surface area contributed by atoms with Gasteiger partial charge in [-0.3, -0.25) is 4.90 Å². The Kier molecular flexibility index (Phi) is 7.43. The summed E-state index contributed by atoms with van der Waals surface area (Å²) in [5.41, 5.74) is -0.450. The Morgan fingerprint density at radius 3 is 2.62 bits per heavy atom. The van der Waals surface area contributed by atoms with Crippen LogP contribution in [0.15, 0.2) is 24.3 Å². The van der Waals surface area contributed by atoms with E-state index in [1.54, 1.807) is 0 Å². The zero-order valence-corrected chi connectivity index (χ0v) is 23.2. The molecule has 0 bridgehead atoms. The number of anilines is 1. The molecule has 0 saturated carbocycles. The van der Waals surface area contributed by atoms with E-state index in [9.17, 15) is 14.6 Å². The Hall–Kier alpha value is -4.27. The van der Waals surface area contributed by atoms with E-state index in [1.807, 2.05) is 0 Å². The Bertz CT molecular complexity index is 1710. The van der Waals surface area contributed by atoms with Gasteiger partial charge in [0.05, 0.1) is 18.2 Å². The number of nitrogens with zero attached hydrogens (tertiary/aromatic N) is 4. The van der Waals surface area contributed by atoms with Gasteiger partial charge in [-0.1, -0.05) is 12.0 Å². The van der Waals surface area contributed by atoms with Crippen molar-refractivity contribution in [1.29, 1.82) is 0 Å². The van der Waals surface area contributed by atoms with Crippen LogP contribution in [0.4, 0.5) is 14.6 Å². The second-order valence-electron chi connectivity index (χ2n) is 10.7. The summed E-state index contributed by atoms with van der Waals surface area (Å²) in [7, 11) is 1.38. The number of rotatable bonds is 9. The number of terminal acetylenes is 1. The number of phenolic OH excluding ortho intramolecular Hbond substituents is 1. The summed E-state index contributed by atoms with van der Waals surface area (Å²) in [5, 5.41) is 23.7. The predicted octanol–water partition coefficient (Wildman–Crippen LogP) is 4.62. The molecule has 4 heterocycles. The summed E-state index contributed by atoms with van der Waals surface area (Å²) in [6.07, 6.45) is 10.3. The number of aliphatic hydroxyl groups is 1. The Morgan fingerprint density at radius 2 is 1.90 bits per heavy atom. The molecule has 2 aliphatic heterocycles. The molecule has 0 spiro atoms. The highest BCUT2D eigenvalue weighted by molar-refractivity contribution is 6.04. The number of hydrogen-bond donors (Lipinski definition) is 3. The average Bonchev–Trinajstić information content (AvgIpc) is 3.57. The van der Waals surface area contributed by atoms with Crippen LogP contribution in [0.25, 0.3) is 32.9 Å². The monoisotopic (exact) mass is 575 g/mol. The Morgan fingerprint density at radius 1 is 1.12 bits per heavy atom. The molecule has 2 saturated heterocycles. The first kappa shape index (κ1) is 27.9. The third kappa shape index (κ3) is 4.70. The molecular weight excluding hydrogens is 544 g/mol. The summed E-state index contributed by atoms with van der Waals surface area (Å²) < 4.78 is 43.1. The number of fused-ring (bicyclic) bond motifs is 3. The molecule has 42 heavy (non-hydrogen) atoms. The number of halogens is 2. The fourth-order valence-corrected chi connectivity index (χ4v) is 6.34. The Labute approximate surface area is 241 Å². The van der Waals surface area contributed by atoms with Gasteiger partial charge in [-0.15, -0.1) is 6.42 Å². The second-order valence-corrected chi connectivity index (χ2v) is 10.7. The van der Waals surface area contributed by atoms with Crippen LogP contribution in [0.1, 0.15) is 37.7 Å². The number of phenols is 1. The van der Waals surface area contributed by atoms with Crippen molar-refractivity contribution < 1.29 is 28.5 Å². The molecular formula is C31H31F2N5O4.